The van der Waals surface area contributed by atoms with Crippen LogP contribution in [0.2, 0.25) is 0 Å². The molecule has 1 saturated heterocycles. The molecule has 2 N–H and O–H groups in total. The number of aryl methyl sites for hydroxylation is 1. The zero-order valence-electron chi connectivity index (χ0n) is 24.1. The van der Waals surface area contributed by atoms with Crippen molar-refractivity contribution in [3.8, 4) is 11.3 Å². The number of rotatable bonds is 11. The molecular weight excluding hydrogens is 542 g/mol. The van der Waals surface area contributed by atoms with Crippen molar-refractivity contribution < 1.29 is 9.59 Å². The summed E-state index contributed by atoms with van der Waals surface area (Å²) in [5.74, 6) is 0.150. The standard InChI is InChI=1S/C34H39N5O2S/c1-26-24-35-21-23-38(26)32(40)18-11-22-39(34(41)37-33-36-30(25-42-33)28-14-7-3-8-15-28)31(29-16-9-4-10-17-29)20-19-27-12-5-2-6-13-27/h2-10,12-17,25-26,31,35H,11,18-24H2,1H3,(H,36,37,41)/t26-,31?/m0/s1. The van der Waals surface area contributed by atoms with Gasteiger partial charge in [0.15, 0.2) is 5.13 Å². The van der Waals surface area contributed by atoms with Gasteiger partial charge in [-0.05, 0) is 37.3 Å². The Hall–Kier alpha value is -4.01. The van der Waals surface area contributed by atoms with Crippen LogP contribution in [-0.2, 0) is 11.2 Å². The third-order valence-electron chi connectivity index (χ3n) is 7.77. The number of thiazole rings is 1. The first-order chi connectivity index (χ1) is 20.6. The fraction of sp³-hybridized carbons (Fsp3) is 0.324. The first-order valence-corrected chi connectivity index (χ1v) is 15.6. The Morgan fingerprint density at radius 2 is 1.71 bits per heavy atom. The van der Waals surface area contributed by atoms with Gasteiger partial charge < -0.3 is 15.1 Å². The largest absolute Gasteiger partial charge is 0.337 e. The number of carbonyl (C=O) groups is 2. The molecule has 0 bridgehead atoms. The number of nitrogens with zero attached hydrogens (tertiary/aromatic N) is 3. The summed E-state index contributed by atoms with van der Waals surface area (Å²) in [6, 6.07) is 30.3. The van der Waals surface area contributed by atoms with E-state index < -0.39 is 0 Å². The Labute approximate surface area is 252 Å². The van der Waals surface area contributed by atoms with Gasteiger partial charge in [-0.2, -0.15) is 0 Å². The Morgan fingerprint density at radius 1 is 1.02 bits per heavy atom. The number of nitrogens with one attached hydrogen (secondary N) is 2. The van der Waals surface area contributed by atoms with Crippen molar-refractivity contribution in [2.75, 3.05) is 31.5 Å². The van der Waals surface area contributed by atoms with E-state index in [4.69, 9.17) is 4.98 Å². The van der Waals surface area contributed by atoms with Gasteiger partial charge in [-0.15, -0.1) is 11.3 Å². The summed E-state index contributed by atoms with van der Waals surface area (Å²) in [5.41, 5.74) is 4.16. The summed E-state index contributed by atoms with van der Waals surface area (Å²) in [6.45, 7) is 4.90. The van der Waals surface area contributed by atoms with Crippen molar-refractivity contribution in [2.24, 2.45) is 0 Å². The minimum absolute atomic E-state index is 0.150. The highest BCUT2D eigenvalue weighted by atomic mass is 32.1. The van der Waals surface area contributed by atoms with Gasteiger partial charge in [-0.25, -0.2) is 9.78 Å². The Morgan fingerprint density at radius 3 is 2.43 bits per heavy atom. The molecule has 42 heavy (non-hydrogen) atoms. The van der Waals surface area contributed by atoms with Gasteiger partial charge in [-0.3, -0.25) is 10.1 Å². The van der Waals surface area contributed by atoms with E-state index in [-0.39, 0.29) is 24.0 Å². The number of carbonyl (C=O) groups excluding carboxylic acids is 2. The Bertz CT molecular complexity index is 1410. The average molecular weight is 582 g/mol. The number of hydrogen-bond acceptors (Lipinski definition) is 5. The van der Waals surface area contributed by atoms with Crippen molar-refractivity contribution >= 4 is 28.4 Å². The average Bonchev–Trinajstić information content (AvgIpc) is 3.50. The van der Waals surface area contributed by atoms with E-state index in [9.17, 15) is 9.59 Å². The molecule has 2 atom stereocenters. The van der Waals surface area contributed by atoms with Crippen LogP contribution in [0.4, 0.5) is 9.93 Å². The Balaban J connectivity index is 1.35. The molecule has 8 heteroatoms. The molecule has 4 aromatic rings. The Kier molecular flexibility index (Phi) is 10.4. The molecule has 0 saturated carbocycles. The lowest BCUT2D eigenvalue weighted by Gasteiger charge is -2.35. The van der Waals surface area contributed by atoms with E-state index >= 15 is 0 Å². The summed E-state index contributed by atoms with van der Waals surface area (Å²) in [5, 5.41) is 8.95. The fourth-order valence-electron chi connectivity index (χ4n) is 5.52. The molecule has 1 fully saturated rings. The van der Waals surface area contributed by atoms with Crippen LogP contribution in [0.1, 0.15) is 43.4 Å². The molecule has 0 radical (unpaired) electrons. The van der Waals surface area contributed by atoms with Crippen LogP contribution in [0.3, 0.4) is 0 Å². The van der Waals surface area contributed by atoms with Crippen molar-refractivity contribution in [3.05, 3.63) is 108 Å². The zero-order chi connectivity index (χ0) is 29.1. The minimum Gasteiger partial charge on any atom is -0.337 e. The highest BCUT2D eigenvalue weighted by molar-refractivity contribution is 7.14. The topological polar surface area (TPSA) is 77.6 Å². The molecule has 218 valence electrons. The predicted octanol–water partition coefficient (Wildman–Crippen LogP) is 6.62. The lowest BCUT2D eigenvalue weighted by atomic mass is 9.97. The van der Waals surface area contributed by atoms with E-state index in [1.54, 1.807) is 0 Å². The number of hydrogen-bond donors (Lipinski definition) is 2. The molecule has 1 unspecified atom stereocenters. The second-order valence-corrected chi connectivity index (χ2v) is 11.6. The van der Waals surface area contributed by atoms with E-state index in [1.165, 1.54) is 16.9 Å². The van der Waals surface area contributed by atoms with Gasteiger partial charge in [0.2, 0.25) is 5.91 Å². The molecule has 5 rings (SSSR count). The highest BCUT2D eigenvalue weighted by Gasteiger charge is 2.27. The SMILES string of the molecule is C[C@H]1CNCCN1C(=O)CCCN(C(=O)Nc1nc(-c2ccccc2)cs1)C(CCc1ccccc1)c1ccccc1. The number of benzene rings is 3. The normalized spacial score (nSPS) is 15.6. The maximum absolute atomic E-state index is 14.0. The minimum atomic E-state index is -0.200. The molecular formula is C34H39N5O2S. The van der Waals surface area contributed by atoms with Crippen LogP contribution < -0.4 is 10.6 Å². The van der Waals surface area contributed by atoms with Crippen LogP contribution >= 0.6 is 11.3 Å². The molecule has 1 aliphatic rings. The molecule has 7 nitrogen and oxygen atoms in total. The number of aromatic nitrogens is 1. The van der Waals surface area contributed by atoms with E-state index in [0.717, 1.165) is 49.3 Å². The monoisotopic (exact) mass is 581 g/mol. The third-order valence-corrected chi connectivity index (χ3v) is 8.53. The summed E-state index contributed by atoms with van der Waals surface area (Å²) >= 11 is 1.42. The molecule has 3 amide bonds. The lowest BCUT2D eigenvalue weighted by Crippen LogP contribution is -2.52. The second kappa shape index (κ2) is 14.8. The summed E-state index contributed by atoms with van der Waals surface area (Å²) < 4.78 is 0. The molecule has 3 aromatic carbocycles. The van der Waals surface area contributed by atoms with Gasteiger partial charge in [0, 0.05) is 49.6 Å². The first-order valence-electron chi connectivity index (χ1n) is 14.8. The number of piperazine rings is 1. The van der Waals surface area contributed by atoms with Crippen molar-refractivity contribution in [1.29, 1.82) is 0 Å². The lowest BCUT2D eigenvalue weighted by molar-refractivity contribution is -0.134. The number of urea groups is 1. The highest BCUT2D eigenvalue weighted by Crippen LogP contribution is 2.29. The molecule has 0 spiro atoms. The van der Waals surface area contributed by atoms with Crippen LogP contribution in [0.5, 0.6) is 0 Å². The zero-order valence-corrected chi connectivity index (χ0v) is 24.9. The van der Waals surface area contributed by atoms with Crippen LogP contribution in [0.25, 0.3) is 11.3 Å². The second-order valence-electron chi connectivity index (χ2n) is 10.7. The van der Waals surface area contributed by atoms with E-state index in [0.29, 0.717) is 24.5 Å². The van der Waals surface area contributed by atoms with Crippen molar-refractivity contribution in [1.82, 2.24) is 20.1 Å². The summed E-state index contributed by atoms with van der Waals surface area (Å²) in [7, 11) is 0. The quantitative estimate of drug-likeness (QED) is 0.209. The number of anilines is 1. The fourth-order valence-corrected chi connectivity index (χ4v) is 6.23. The maximum atomic E-state index is 14.0. The van der Waals surface area contributed by atoms with Crippen molar-refractivity contribution in [2.45, 2.75) is 44.7 Å². The molecule has 1 aromatic heterocycles. The van der Waals surface area contributed by atoms with Crippen molar-refractivity contribution in [3.63, 3.8) is 0 Å². The van der Waals surface area contributed by atoms with Gasteiger partial charge in [0.25, 0.3) is 0 Å². The third kappa shape index (κ3) is 7.84. The van der Waals surface area contributed by atoms with Gasteiger partial charge in [0.1, 0.15) is 0 Å². The van der Waals surface area contributed by atoms with Crippen LogP contribution in [0, 0.1) is 0 Å². The smallest absolute Gasteiger partial charge is 0.324 e. The van der Waals surface area contributed by atoms with E-state index in [1.807, 2.05) is 81.9 Å². The summed E-state index contributed by atoms with van der Waals surface area (Å²) in [6.07, 6.45) is 2.59. The van der Waals surface area contributed by atoms with Crippen LogP contribution in [0.15, 0.2) is 96.4 Å². The van der Waals surface area contributed by atoms with Crippen LogP contribution in [-0.4, -0.2) is 58.9 Å². The van der Waals surface area contributed by atoms with Gasteiger partial charge in [-0.1, -0.05) is 91.0 Å². The molecule has 2 heterocycles. The van der Waals surface area contributed by atoms with Gasteiger partial charge in [0.05, 0.1) is 11.7 Å². The summed E-state index contributed by atoms with van der Waals surface area (Å²) in [4.78, 5) is 35.7. The first kappa shape index (κ1) is 29.5. The van der Waals surface area contributed by atoms with Gasteiger partial charge >= 0.3 is 6.03 Å². The number of amides is 3. The molecule has 0 aliphatic carbocycles. The molecule has 1 aliphatic heterocycles. The predicted molar refractivity (Wildman–Crippen MR) is 170 cm³/mol. The van der Waals surface area contributed by atoms with E-state index in [2.05, 4.69) is 41.8 Å². The maximum Gasteiger partial charge on any atom is 0.324 e.